The fourth-order valence-corrected chi connectivity index (χ4v) is 5.87. The lowest BCUT2D eigenvalue weighted by molar-refractivity contribution is -0.274. The molecule has 4 aromatic rings. The van der Waals surface area contributed by atoms with Crippen molar-refractivity contribution in [2.75, 3.05) is 11.3 Å². The zero-order valence-corrected chi connectivity index (χ0v) is 20.6. The van der Waals surface area contributed by atoms with E-state index in [1.807, 2.05) is 30.3 Å². The van der Waals surface area contributed by atoms with Gasteiger partial charge >= 0.3 is 0 Å². The van der Waals surface area contributed by atoms with E-state index in [9.17, 15) is 8.42 Å². The lowest BCUT2D eigenvalue weighted by atomic mass is 9.80. The van der Waals surface area contributed by atoms with E-state index in [0.29, 0.717) is 23.8 Å². The van der Waals surface area contributed by atoms with E-state index < -0.39 is 16.3 Å². The molecule has 2 heterocycles. The van der Waals surface area contributed by atoms with Crippen LogP contribution in [0.2, 0.25) is 0 Å². The Labute approximate surface area is 199 Å². The van der Waals surface area contributed by atoms with E-state index in [1.54, 1.807) is 36.4 Å². The standard InChI is InChI=1S/C27H29NO5S/c1-17(2)25-27(3,4)16-31-26(33-25)18-8-7-9-19(14-18)28-34(29,30)20-12-13-24-22(15-20)21-10-5-6-11-23(21)32-24/h5-15,17,25-26,28H,16H2,1-4H3/t25-,26+/m1/s1. The summed E-state index contributed by atoms with van der Waals surface area (Å²) in [5.41, 5.74) is 2.50. The van der Waals surface area contributed by atoms with Gasteiger partial charge in [0.05, 0.1) is 17.6 Å². The van der Waals surface area contributed by atoms with Crippen LogP contribution in [-0.2, 0) is 19.5 Å². The number of nitrogens with one attached hydrogen (secondary N) is 1. The quantitative estimate of drug-likeness (QED) is 0.354. The summed E-state index contributed by atoms with van der Waals surface area (Å²) in [4.78, 5) is 0.170. The molecule has 1 aliphatic heterocycles. The molecule has 0 radical (unpaired) electrons. The third-order valence-corrected chi connectivity index (χ3v) is 7.70. The number of fused-ring (bicyclic) bond motifs is 3. The van der Waals surface area contributed by atoms with Gasteiger partial charge in [0, 0.05) is 27.4 Å². The second kappa shape index (κ2) is 8.41. The van der Waals surface area contributed by atoms with E-state index in [-0.39, 0.29) is 16.4 Å². The number of furan rings is 1. The van der Waals surface area contributed by atoms with Crippen molar-refractivity contribution in [1.82, 2.24) is 0 Å². The highest BCUT2D eigenvalue weighted by atomic mass is 32.2. The molecule has 3 aromatic carbocycles. The summed E-state index contributed by atoms with van der Waals surface area (Å²) in [6.45, 7) is 9.12. The minimum absolute atomic E-state index is 0.0307. The Balaban J connectivity index is 1.41. The molecule has 7 heteroatoms. The number of hydrogen-bond donors (Lipinski definition) is 1. The molecule has 0 spiro atoms. The second-order valence-corrected chi connectivity index (χ2v) is 11.6. The molecule has 1 saturated heterocycles. The van der Waals surface area contributed by atoms with Crippen LogP contribution in [0.3, 0.4) is 0 Å². The van der Waals surface area contributed by atoms with Crippen molar-refractivity contribution in [3.8, 4) is 0 Å². The number of para-hydroxylation sites is 1. The number of ether oxygens (including phenoxy) is 2. The lowest BCUT2D eigenvalue weighted by Crippen LogP contribution is -2.45. The maximum absolute atomic E-state index is 13.2. The van der Waals surface area contributed by atoms with Crippen LogP contribution in [0, 0.1) is 11.3 Å². The Morgan fingerprint density at radius 1 is 0.941 bits per heavy atom. The van der Waals surface area contributed by atoms with Crippen LogP contribution in [0.25, 0.3) is 21.9 Å². The molecule has 2 atom stereocenters. The van der Waals surface area contributed by atoms with Crippen LogP contribution in [0.4, 0.5) is 5.69 Å². The van der Waals surface area contributed by atoms with Crippen molar-refractivity contribution >= 4 is 37.6 Å². The maximum atomic E-state index is 13.2. The highest BCUT2D eigenvalue weighted by Crippen LogP contribution is 2.40. The predicted octanol–water partition coefficient (Wildman–Crippen LogP) is 6.48. The number of rotatable bonds is 5. The normalized spacial score (nSPS) is 20.7. The molecule has 1 fully saturated rings. The van der Waals surface area contributed by atoms with Gasteiger partial charge in [0.2, 0.25) is 0 Å². The molecule has 0 saturated carbocycles. The van der Waals surface area contributed by atoms with Crippen LogP contribution in [0.5, 0.6) is 0 Å². The molecule has 0 aliphatic carbocycles. The number of anilines is 1. The molecule has 34 heavy (non-hydrogen) atoms. The van der Waals surface area contributed by atoms with E-state index in [1.165, 1.54) is 0 Å². The number of hydrogen-bond acceptors (Lipinski definition) is 5. The second-order valence-electron chi connectivity index (χ2n) is 9.92. The highest BCUT2D eigenvalue weighted by Gasteiger charge is 2.40. The maximum Gasteiger partial charge on any atom is 0.261 e. The van der Waals surface area contributed by atoms with Gasteiger partial charge in [-0.05, 0) is 42.3 Å². The smallest absolute Gasteiger partial charge is 0.261 e. The topological polar surface area (TPSA) is 77.8 Å². The average molecular weight is 480 g/mol. The van der Waals surface area contributed by atoms with Crippen molar-refractivity contribution in [2.45, 2.75) is 45.0 Å². The lowest BCUT2D eigenvalue weighted by Gasteiger charge is -2.44. The first kappa shape index (κ1) is 22.9. The van der Waals surface area contributed by atoms with Crippen LogP contribution < -0.4 is 4.72 Å². The van der Waals surface area contributed by atoms with Gasteiger partial charge in [0.1, 0.15) is 11.2 Å². The van der Waals surface area contributed by atoms with Gasteiger partial charge in [0.15, 0.2) is 6.29 Å². The van der Waals surface area contributed by atoms with Gasteiger partial charge in [-0.3, -0.25) is 4.72 Å². The van der Waals surface area contributed by atoms with Crippen molar-refractivity contribution in [1.29, 1.82) is 0 Å². The fraction of sp³-hybridized carbons (Fsp3) is 0.333. The molecule has 0 bridgehead atoms. The third kappa shape index (κ3) is 4.19. The summed E-state index contributed by atoms with van der Waals surface area (Å²) in [6.07, 6.45) is -0.512. The first-order valence-corrected chi connectivity index (χ1v) is 12.9. The Hall–Kier alpha value is -2.87. The molecule has 178 valence electrons. The monoisotopic (exact) mass is 479 g/mol. The zero-order valence-electron chi connectivity index (χ0n) is 19.7. The van der Waals surface area contributed by atoms with Crippen LogP contribution >= 0.6 is 0 Å². The molecular weight excluding hydrogens is 450 g/mol. The Kier molecular flexibility index (Phi) is 5.67. The third-order valence-electron chi connectivity index (χ3n) is 6.32. The predicted molar refractivity (Wildman–Crippen MR) is 133 cm³/mol. The van der Waals surface area contributed by atoms with E-state index in [4.69, 9.17) is 13.9 Å². The van der Waals surface area contributed by atoms with Crippen molar-refractivity contribution in [2.24, 2.45) is 11.3 Å². The van der Waals surface area contributed by atoms with Crippen LogP contribution in [-0.4, -0.2) is 21.1 Å². The van der Waals surface area contributed by atoms with Gasteiger partial charge in [-0.2, -0.15) is 0 Å². The van der Waals surface area contributed by atoms with Gasteiger partial charge < -0.3 is 13.9 Å². The fourth-order valence-electron chi connectivity index (χ4n) is 4.80. The molecule has 1 N–H and O–H groups in total. The van der Waals surface area contributed by atoms with E-state index >= 15 is 0 Å². The van der Waals surface area contributed by atoms with Crippen LogP contribution in [0.15, 0.2) is 76.0 Å². The van der Waals surface area contributed by atoms with Gasteiger partial charge in [0.25, 0.3) is 10.0 Å². The number of sulfonamides is 1. The molecule has 5 rings (SSSR count). The van der Waals surface area contributed by atoms with E-state index in [2.05, 4.69) is 32.4 Å². The van der Waals surface area contributed by atoms with Gasteiger partial charge in [-0.15, -0.1) is 0 Å². The molecule has 6 nitrogen and oxygen atoms in total. The van der Waals surface area contributed by atoms with Crippen molar-refractivity contribution in [3.63, 3.8) is 0 Å². The molecule has 1 aliphatic rings. The first-order valence-electron chi connectivity index (χ1n) is 11.5. The summed E-state index contributed by atoms with van der Waals surface area (Å²) < 4.78 is 47.2. The van der Waals surface area contributed by atoms with Crippen molar-refractivity contribution < 1.29 is 22.3 Å². The van der Waals surface area contributed by atoms with Gasteiger partial charge in [-0.1, -0.05) is 58.0 Å². The highest BCUT2D eigenvalue weighted by molar-refractivity contribution is 7.92. The average Bonchev–Trinajstić information content (AvgIpc) is 3.16. The summed E-state index contributed by atoms with van der Waals surface area (Å²) in [6, 6.07) is 19.7. The summed E-state index contributed by atoms with van der Waals surface area (Å²) in [5.74, 6) is 0.331. The zero-order chi connectivity index (χ0) is 24.1. The summed E-state index contributed by atoms with van der Waals surface area (Å²) >= 11 is 0. The first-order chi connectivity index (χ1) is 16.1. The molecule has 1 aromatic heterocycles. The minimum Gasteiger partial charge on any atom is -0.456 e. The molecule has 0 amide bonds. The summed E-state index contributed by atoms with van der Waals surface area (Å²) in [7, 11) is -3.81. The SMILES string of the molecule is CC(C)[C@H]1O[C@@H](c2cccc(NS(=O)(=O)c3ccc4oc5ccccc5c4c3)c2)OCC1(C)C. The Morgan fingerprint density at radius 3 is 2.50 bits per heavy atom. The largest absolute Gasteiger partial charge is 0.456 e. The van der Waals surface area contributed by atoms with Crippen LogP contribution in [0.1, 0.15) is 39.5 Å². The summed E-state index contributed by atoms with van der Waals surface area (Å²) in [5, 5.41) is 1.64. The Morgan fingerprint density at radius 2 is 1.71 bits per heavy atom. The molecule has 0 unspecified atom stereocenters. The minimum atomic E-state index is -3.81. The molecular formula is C27H29NO5S. The van der Waals surface area contributed by atoms with Crippen molar-refractivity contribution in [3.05, 3.63) is 72.3 Å². The Bertz CT molecular complexity index is 1450. The van der Waals surface area contributed by atoms with E-state index in [0.717, 1.165) is 21.9 Å². The number of benzene rings is 3. The van der Waals surface area contributed by atoms with Gasteiger partial charge in [-0.25, -0.2) is 8.42 Å².